The largest absolute Gasteiger partial charge is 0.493 e. The normalized spacial score (nSPS) is 13.6. The molecule has 0 unspecified atom stereocenters. The highest BCUT2D eigenvalue weighted by atomic mass is 16.5. The molecular weight excluding hydrogens is 222 g/mol. The van der Waals surface area contributed by atoms with Gasteiger partial charge in [0.25, 0.3) is 0 Å². The molecule has 5 heteroatoms. The molecule has 17 heavy (non-hydrogen) atoms. The molecule has 1 aromatic rings. The molecule has 0 bridgehead atoms. The zero-order valence-electron chi connectivity index (χ0n) is 9.69. The molecule has 0 aromatic heterocycles. The molecule has 0 saturated heterocycles. The van der Waals surface area contributed by atoms with Crippen LogP contribution >= 0.6 is 0 Å². The van der Waals surface area contributed by atoms with Gasteiger partial charge in [0.05, 0.1) is 14.2 Å². The lowest BCUT2D eigenvalue weighted by Gasteiger charge is -2.17. The summed E-state index contributed by atoms with van der Waals surface area (Å²) in [6, 6.07) is 3.48. The maximum absolute atomic E-state index is 11.1. The van der Waals surface area contributed by atoms with Crippen molar-refractivity contribution in [2.24, 2.45) is 4.99 Å². The summed E-state index contributed by atoms with van der Waals surface area (Å²) in [5.74, 6) is 0.109. The average Bonchev–Trinajstić information content (AvgIpc) is 2.35. The third-order valence-corrected chi connectivity index (χ3v) is 2.72. The van der Waals surface area contributed by atoms with Crippen molar-refractivity contribution in [3.63, 3.8) is 0 Å². The van der Waals surface area contributed by atoms with Crippen molar-refractivity contribution < 1.29 is 19.4 Å². The number of ether oxygens (including phenoxy) is 2. The minimum Gasteiger partial charge on any atom is -0.493 e. The van der Waals surface area contributed by atoms with Gasteiger partial charge < -0.3 is 14.6 Å². The highest BCUT2D eigenvalue weighted by Crippen LogP contribution is 2.32. The lowest BCUT2D eigenvalue weighted by Crippen LogP contribution is -2.21. The van der Waals surface area contributed by atoms with Crippen molar-refractivity contribution >= 4 is 11.7 Å². The smallest absolute Gasteiger partial charge is 0.354 e. The first kappa shape index (κ1) is 11.4. The molecule has 1 N–H and O–H groups in total. The van der Waals surface area contributed by atoms with Crippen LogP contribution in [0.3, 0.4) is 0 Å². The Kier molecular flexibility index (Phi) is 2.99. The Morgan fingerprint density at radius 2 is 1.94 bits per heavy atom. The van der Waals surface area contributed by atoms with Crippen molar-refractivity contribution in [3.05, 3.63) is 23.3 Å². The number of fused-ring (bicyclic) bond motifs is 1. The van der Waals surface area contributed by atoms with E-state index in [1.807, 2.05) is 6.07 Å². The minimum atomic E-state index is -1.02. The third kappa shape index (κ3) is 1.95. The van der Waals surface area contributed by atoms with Gasteiger partial charge in [-0.1, -0.05) is 0 Å². The zero-order chi connectivity index (χ0) is 12.4. The number of carbonyl (C=O) groups is 1. The van der Waals surface area contributed by atoms with Crippen LogP contribution in [0.2, 0.25) is 0 Å². The number of nitrogens with zero attached hydrogens (tertiary/aromatic N) is 1. The van der Waals surface area contributed by atoms with E-state index < -0.39 is 5.97 Å². The molecule has 0 spiro atoms. The van der Waals surface area contributed by atoms with E-state index in [0.29, 0.717) is 30.0 Å². The SMILES string of the molecule is COc1cc2c(cc1OC)C(C(=O)O)=NCC2. The molecule has 0 atom stereocenters. The number of rotatable bonds is 3. The number of hydrogen-bond donors (Lipinski definition) is 1. The van der Waals surface area contributed by atoms with Gasteiger partial charge in [0, 0.05) is 12.1 Å². The molecule has 0 aliphatic carbocycles. The second-order valence-electron chi connectivity index (χ2n) is 3.65. The Morgan fingerprint density at radius 1 is 1.29 bits per heavy atom. The molecule has 0 saturated carbocycles. The highest BCUT2D eigenvalue weighted by Gasteiger charge is 2.22. The maximum atomic E-state index is 11.1. The number of aliphatic imine (C=N–C) groups is 1. The number of carboxylic acid groups (broad SMARTS) is 1. The van der Waals surface area contributed by atoms with Gasteiger partial charge in [-0.3, -0.25) is 4.99 Å². The third-order valence-electron chi connectivity index (χ3n) is 2.72. The number of benzene rings is 1. The van der Waals surface area contributed by atoms with Crippen LogP contribution in [0.5, 0.6) is 11.5 Å². The van der Waals surface area contributed by atoms with Gasteiger partial charge in [-0.2, -0.15) is 0 Å². The zero-order valence-corrected chi connectivity index (χ0v) is 9.69. The van der Waals surface area contributed by atoms with Crippen molar-refractivity contribution in [3.8, 4) is 11.5 Å². The summed E-state index contributed by atoms with van der Waals surface area (Å²) in [5.41, 5.74) is 1.63. The van der Waals surface area contributed by atoms with Crippen LogP contribution in [-0.2, 0) is 11.2 Å². The molecule has 1 aromatic carbocycles. The van der Waals surface area contributed by atoms with Crippen LogP contribution in [0.15, 0.2) is 17.1 Å². The first-order valence-electron chi connectivity index (χ1n) is 5.20. The lowest BCUT2D eigenvalue weighted by atomic mass is 9.97. The van der Waals surface area contributed by atoms with Crippen LogP contribution in [0.4, 0.5) is 0 Å². The molecule has 1 aliphatic rings. The number of carboxylic acids is 1. The van der Waals surface area contributed by atoms with E-state index in [0.717, 1.165) is 5.56 Å². The van der Waals surface area contributed by atoms with Crippen LogP contribution in [0.25, 0.3) is 0 Å². The summed E-state index contributed by atoms with van der Waals surface area (Å²) >= 11 is 0. The number of hydrogen-bond acceptors (Lipinski definition) is 4. The van der Waals surface area contributed by atoms with Crippen molar-refractivity contribution in [2.75, 3.05) is 20.8 Å². The average molecular weight is 235 g/mol. The molecule has 1 heterocycles. The summed E-state index contributed by atoms with van der Waals surface area (Å²) in [7, 11) is 3.07. The summed E-state index contributed by atoms with van der Waals surface area (Å²) < 4.78 is 10.3. The van der Waals surface area contributed by atoms with Gasteiger partial charge in [-0.25, -0.2) is 4.79 Å². The predicted octanol–water partition coefficient (Wildman–Crippen LogP) is 1.13. The van der Waals surface area contributed by atoms with E-state index in [4.69, 9.17) is 14.6 Å². The van der Waals surface area contributed by atoms with E-state index >= 15 is 0 Å². The van der Waals surface area contributed by atoms with E-state index in [1.165, 1.54) is 7.11 Å². The van der Waals surface area contributed by atoms with Crippen LogP contribution < -0.4 is 9.47 Å². The predicted molar refractivity (Wildman–Crippen MR) is 62.3 cm³/mol. The Balaban J connectivity index is 2.57. The van der Waals surface area contributed by atoms with Gasteiger partial charge in [-0.15, -0.1) is 0 Å². The Hall–Kier alpha value is -2.04. The lowest BCUT2D eigenvalue weighted by molar-refractivity contribution is -0.129. The summed E-state index contributed by atoms with van der Waals surface area (Å²) in [5, 5.41) is 9.07. The van der Waals surface area contributed by atoms with Crippen molar-refractivity contribution in [1.29, 1.82) is 0 Å². The Bertz CT molecular complexity index is 494. The Labute approximate surface area is 98.7 Å². The summed E-state index contributed by atoms with van der Waals surface area (Å²) in [6.07, 6.45) is 0.715. The van der Waals surface area contributed by atoms with Gasteiger partial charge in [0.2, 0.25) is 0 Å². The van der Waals surface area contributed by atoms with Crippen LogP contribution in [0, 0.1) is 0 Å². The van der Waals surface area contributed by atoms with Crippen LogP contribution in [0.1, 0.15) is 11.1 Å². The van der Waals surface area contributed by atoms with Crippen molar-refractivity contribution in [2.45, 2.75) is 6.42 Å². The molecular formula is C12H13NO4. The van der Waals surface area contributed by atoms with Gasteiger partial charge in [0.15, 0.2) is 17.2 Å². The summed E-state index contributed by atoms with van der Waals surface area (Å²) in [6.45, 7) is 0.490. The monoisotopic (exact) mass is 235 g/mol. The highest BCUT2D eigenvalue weighted by molar-refractivity contribution is 6.43. The first-order valence-corrected chi connectivity index (χ1v) is 5.20. The van der Waals surface area contributed by atoms with Gasteiger partial charge >= 0.3 is 5.97 Å². The van der Waals surface area contributed by atoms with Gasteiger partial charge in [0.1, 0.15) is 0 Å². The fourth-order valence-electron chi connectivity index (χ4n) is 1.90. The summed E-state index contributed by atoms with van der Waals surface area (Å²) in [4.78, 5) is 15.1. The second-order valence-corrected chi connectivity index (χ2v) is 3.65. The van der Waals surface area contributed by atoms with Crippen LogP contribution in [-0.4, -0.2) is 37.6 Å². The quantitative estimate of drug-likeness (QED) is 0.852. The van der Waals surface area contributed by atoms with E-state index in [-0.39, 0.29) is 5.71 Å². The second kappa shape index (κ2) is 4.45. The first-order chi connectivity index (χ1) is 8.17. The molecule has 1 aliphatic heterocycles. The van der Waals surface area contributed by atoms with E-state index in [2.05, 4.69) is 4.99 Å². The molecule has 0 radical (unpaired) electrons. The number of aliphatic carboxylic acids is 1. The standard InChI is InChI=1S/C12H13NO4/c1-16-9-5-7-3-4-13-11(12(14)15)8(7)6-10(9)17-2/h5-6H,3-4H2,1-2H3,(H,14,15). The molecule has 0 fully saturated rings. The molecule has 0 amide bonds. The fourth-order valence-corrected chi connectivity index (χ4v) is 1.90. The Morgan fingerprint density at radius 3 is 2.53 bits per heavy atom. The minimum absolute atomic E-state index is 0.0900. The van der Waals surface area contributed by atoms with E-state index in [1.54, 1.807) is 13.2 Å². The molecule has 5 nitrogen and oxygen atoms in total. The fraction of sp³-hybridized carbons (Fsp3) is 0.333. The molecule has 2 rings (SSSR count). The number of methoxy groups -OCH3 is 2. The topological polar surface area (TPSA) is 68.1 Å². The van der Waals surface area contributed by atoms with Crippen molar-refractivity contribution in [1.82, 2.24) is 0 Å². The maximum Gasteiger partial charge on any atom is 0.354 e. The van der Waals surface area contributed by atoms with Gasteiger partial charge in [-0.05, 0) is 24.1 Å². The molecule has 90 valence electrons. The van der Waals surface area contributed by atoms with E-state index in [9.17, 15) is 4.79 Å².